The van der Waals surface area contributed by atoms with Crippen LogP contribution in [0.25, 0.3) is 6.08 Å². The maximum absolute atomic E-state index is 13.7. The second-order valence-electron chi connectivity index (χ2n) is 3.72. The third kappa shape index (κ3) is 2.88. The predicted molar refractivity (Wildman–Crippen MR) is 81.5 cm³/mol. The van der Waals surface area contributed by atoms with Crippen LogP contribution in [0, 0.1) is 5.82 Å². The third-order valence-electron chi connectivity index (χ3n) is 2.46. The molecule has 19 heavy (non-hydrogen) atoms. The first-order valence-corrected chi connectivity index (χ1v) is 6.95. The highest BCUT2D eigenvalue weighted by Crippen LogP contribution is 2.34. The average Bonchev–Trinajstić information content (AvgIpc) is 2.62. The number of carbonyl (C=O) groups is 1. The highest BCUT2D eigenvalue weighted by atomic mass is 35.5. The van der Waals surface area contributed by atoms with Crippen LogP contribution in [-0.4, -0.2) is 21.7 Å². The van der Waals surface area contributed by atoms with Crippen LogP contribution < -0.4 is 0 Å². The lowest BCUT2D eigenvalue weighted by Gasteiger charge is -2.10. The predicted octanol–water partition coefficient (Wildman–Crippen LogP) is 3.87. The quantitative estimate of drug-likeness (QED) is 0.480. The fraction of sp³-hybridized carbons (Fsp3) is 0.0769. The van der Waals surface area contributed by atoms with Gasteiger partial charge in [0.05, 0.1) is 9.93 Å². The van der Waals surface area contributed by atoms with Crippen molar-refractivity contribution >= 4 is 51.9 Å². The molecule has 1 aliphatic rings. The van der Waals surface area contributed by atoms with Crippen LogP contribution in [0.5, 0.6) is 0 Å². The Balaban J connectivity index is 2.38. The molecule has 2 rings (SSSR count). The van der Waals surface area contributed by atoms with Gasteiger partial charge in [0.25, 0.3) is 5.91 Å². The lowest BCUT2D eigenvalue weighted by molar-refractivity contribution is -0.121. The monoisotopic (exact) mass is 313 g/mol. The first-order chi connectivity index (χ1) is 9.04. The molecule has 1 fully saturated rings. The topological polar surface area (TPSA) is 20.3 Å². The molecule has 0 spiro atoms. The van der Waals surface area contributed by atoms with Gasteiger partial charge in [-0.25, -0.2) is 4.39 Å². The van der Waals surface area contributed by atoms with Gasteiger partial charge < -0.3 is 0 Å². The molecule has 0 aromatic heterocycles. The maximum Gasteiger partial charge on any atom is 0.266 e. The smallest absolute Gasteiger partial charge is 0.266 e. The molecule has 1 aliphatic heterocycles. The fourth-order valence-electron chi connectivity index (χ4n) is 1.57. The Morgan fingerprint density at radius 1 is 1.53 bits per heavy atom. The van der Waals surface area contributed by atoms with Gasteiger partial charge in [0.1, 0.15) is 10.1 Å². The van der Waals surface area contributed by atoms with E-state index in [0.717, 1.165) is 11.8 Å². The van der Waals surface area contributed by atoms with E-state index in [1.807, 2.05) is 0 Å². The van der Waals surface area contributed by atoms with Crippen molar-refractivity contribution in [3.8, 4) is 0 Å². The zero-order valence-electron chi connectivity index (χ0n) is 9.73. The van der Waals surface area contributed by atoms with E-state index in [1.54, 1.807) is 12.1 Å². The van der Waals surface area contributed by atoms with Crippen molar-refractivity contribution in [3.63, 3.8) is 0 Å². The molecule has 1 amide bonds. The molecule has 0 unspecified atom stereocenters. The Morgan fingerprint density at radius 3 is 2.89 bits per heavy atom. The van der Waals surface area contributed by atoms with Gasteiger partial charge in [-0.15, -0.1) is 6.58 Å². The molecule has 6 heteroatoms. The molecule has 98 valence electrons. The Labute approximate surface area is 124 Å². The van der Waals surface area contributed by atoms with E-state index < -0.39 is 5.82 Å². The van der Waals surface area contributed by atoms with Crippen molar-refractivity contribution in [2.45, 2.75) is 0 Å². The summed E-state index contributed by atoms with van der Waals surface area (Å²) in [5.74, 6) is -0.726. The van der Waals surface area contributed by atoms with E-state index in [0.29, 0.717) is 15.8 Å². The lowest BCUT2D eigenvalue weighted by atomic mass is 10.2. The van der Waals surface area contributed by atoms with Crippen molar-refractivity contribution in [1.29, 1.82) is 0 Å². The summed E-state index contributed by atoms with van der Waals surface area (Å²) in [6, 6.07) is 4.38. The molecular formula is C13H9ClFNOS2. The van der Waals surface area contributed by atoms with Crippen molar-refractivity contribution in [2.24, 2.45) is 0 Å². The van der Waals surface area contributed by atoms with Crippen molar-refractivity contribution < 1.29 is 9.18 Å². The molecule has 0 saturated carbocycles. The Bertz CT molecular complexity index is 580. The second-order valence-corrected chi connectivity index (χ2v) is 5.80. The molecule has 0 bridgehead atoms. The summed E-state index contributed by atoms with van der Waals surface area (Å²) < 4.78 is 14.1. The van der Waals surface area contributed by atoms with Gasteiger partial charge in [0.15, 0.2) is 0 Å². The SMILES string of the molecule is C=CCN1C(=O)/C(=C\c2c(F)cccc2Cl)SC1=S. The fourth-order valence-corrected chi connectivity index (χ4v) is 3.04. The van der Waals surface area contributed by atoms with Gasteiger partial charge >= 0.3 is 0 Å². The van der Waals surface area contributed by atoms with E-state index in [1.165, 1.54) is 23.1 Å². The van der Waals surface area contributed by atoms with Gasteiger partial charge in [-0.3, -0.25) is 9.69 Å². The Hall–Kier alpha value is -1.17. The van der Waals surface area contributed by atoms with E-state index in [-0.39, 0.29) is 16.5 Å². The number of benzene rings is 1. The first kappa shape index (κ1) is 14.2. The van der Waals surface area contributed by atoms with Crippen molar-refractivity contribution in [2.75, 3.05) is 6.54 Å². The summed E-state index contributed by atoms with van der Waals surface area (Å²) in [5.41, 5.74) is 0.197. The standard InChI is InChI=1S/C13H9ClFNOS2/c1-2-6-16-12(17)11(19-13(16)18)7-8-9(14)4-3-5-10(8)15/h2-5,7H,1,6H2/b11-7+. The maximum atomic E-state index is 13.7. The third-order valence-corrected chi connectivity index (χ3v) is 4.17. The van der Waals surface area contributed by atoms with Crippen LogP contribution in [0.15, 0.2) is 35.8 Å². The summed E-state index contributed by atoms with van der Waals surface area (Å²) in [5, 5.41) is 0.258. The number of thioether (sulfide) groups is 1. The van der Waals surface area contributed by atoms with Crippen LogP contribution in [0.1, 0.15) is 5.56 Å². The highest BCUT2D eigenvalue weighted by molar-refractivity contribution is 8.26. The Morgan fingerprint density at radius 2 is 2.26 bits per heavy atom. The zero-order valence-corrected chi connectivity index (χ0v) is 12.1. The molecular weight excluding hydrogens is 305 g/mol. The minimum Gasteiger partial charge on any atom is -0.289 e. The van der Waals surface area contributed by atoms with Crippen molar-refractivity contribution in [3.05, 3.63) is 52.2 Å². The van der Waals surface area contributed by atoms with Gasteiger partial charge in [0.2, 0.25) is 0 Å². The number of thiocarbonyl (C=S) groups is 1. The largest absolute Gasteiger partial charge is 0.289 e. The molecule has 0 radical (unpaired) electrons. The van der Waals surface area contributed by atoms with Crippen LogP contribution in [0.4, 0.5) is 4.39 Å². The number of amides is 1. The number of hydrogen-bond donors (Lipinski definition) is 0. The molecule has 0 N–H and O–H groups in total. The molecule has 0 aliphatic carbocycles. The molecule has 1 aromatic carbocycles. The number of hydrogen-bond acceptors (Lipinski definition) is 3. The normalized spacial score (nSPS) is 17.4. The minimum absolute atomic E-state index is 0.197. The van der Waals surface area contributed by atoms with Gasteiger partial charge in [-0.1, -0.05) is 47.7 Å². The number of carbonyl (C=O) groups excluding carboxylic acids is 1. The zero-order chi connectivity index (χ0) is 14.0. The number of halogens is 2. The molecule has 1 saturated heterocycles. The van der Waals surface area contributed by atoms with E-state index in [9.17, 15) is 9.18 Å². The van der Waals surface area contributed by atoms with E-state index in [2.05, 4.69) is 6.58 Å². The van der Waals surface area contributed by atoms with Crippen LogP contribution >= 0.6 is 35.6 Å². The van der Waals surface area contributed by atoms with Gasteiger partial charge in [-0.05, 0) is 18.2 Å². The van der Waals surface area contributed by atoms with E-state index in [4.69, 9.17) is 23.8 Å². The summed E-state index contributed by atoms with van der Waals surface area (Å²) in [6.45, 7) is 3.91. The van der Waals surface area contributed by atoms with E-state index >= 15 is 0 Å². The first-order valence-electron chi connectivity index (χ1n) is 5.35. The van der Waals surface area contributed by atoms with Crippen LogP contribution in [0.2, 0.25) is 5.02 Å². The van der Waals surface area contributed by atoms with Crippen LogP contribution in [-0.2, 0) is 4.79 Å². The Kier molecular flexibility index (Phi) is 4.39. The number of rotatable bonds is 3. The van der Waals surface area contributed by atoms with Gasteiger partial charge in [0, 0.05) is 12.1 Å². The molecule has 0 atom stereocenters. The molecule has 1 aromatic rings. The summed E-state index contributed by atoms with van der Waals surface area (Å²) >= 11 is 12.1. The second kappa shape index (κ2) is 5.86. The summed E-state index contributed by atoms with van der Waals surface area (Å²) in [7, 11) is 0. The molecule has 1 heterocycles. The lowest BCUT2D eigenvalue weighted by Crippen LogP contribution is -2.27. The summed E-state index contributed by atoms with van der Waals surface area (Å²) in [4.78, 5) is 13.8. The van der Waals surface area contributed by atoms with Crippen molar-refractivity contribution in [1.82, 2.24) is 4.90 Å². The average molecular weight is 314 g/mol. The van der Waals surface area contributed by atoms with Gasteiger partial charge in [-0.2, -0.15) is 0 Å². The number of nitrogens with zero attached hydrogens (tertiary/aromatic N) is 1. The summed E-state index contributed by atoms with van der Waals surface area (Å²) in [6.07, 6.45) is 3.02. The minimum atomic E-state index is -0.471. The molecule has 2 nitrogen and oxygen atoms in total. The van der Waals surface area contributed by atoms with Crippen LogP contribution in [0.3, 0.4) is 0 Å². The highest BCUT2D eigenvalue weighted by Gasteiger charge is 2.31.